The van der Waals surface area contributed by atoms with E-state index in [1.807, 2.05) is 54.8 Å². The highest BCUT2D eigenvalue weighted by atomic mass is 32.2. The fraction of sp³-hybridized carbons (Fsp3) is 0.174. The van der Waals surface area contributed by atoms with Gasteiger partial charge in [-0.05, 0) is 37.1 Å². The molecule has 7 heteroatoms. The average Bonchev–Trinajstić information content (AvgIpc) is 3.34. The van der Waals surface area contributed by atoms with Crippen molar-refractivity contribution < 1.29 is 4.79 Å². The number of carbonyl (C=O) groups is 1. The first-order chi connectivity index (χ1) is 14.6. The summed E-state index contributed by atoms with van der Waals surface area (Å²) in [4.78, 5) is 12.5. The van der Waals surface area contributed by atoms with Gasteiger partial charge in [-0.15, -0.1) is 28.1 Å². The van der Waals surface area contributed by atoms with Crippen LogP contribution in [0.1, 0.15) is 11.1 Å². The summed E-state index contributed by atoms with van der Waals surface area (Å²) in [6, 6.07) is 14.2. The second kappa shape index (κ2) is 8.85. The van der Waals surface area contributed by atoms with Crippen molar-refractivity contribution in [2.24, 2.45) is 0 Å². The number of hydrogen-bond acceptors (Lipinski definition) is 5. The third-order valence-corrected chi connectivity index (χ3v) is 6.89. The van der Waals surface area contributed by atoms with Gasteiger partial charge in [-0.1, -0.05) is 48.2 Å². The summed E-state index contributed by atoms with van der Waals surface area (Å²) in [6.45, 7) is 8.49. The van der Waals surface area contributed by atoms with Crippen molar-refractivity contribution in [1.29, 1.82) is 0 Å². The van der Waals surface area contributed by atoms with Crippen molar-refractivity contribution in [3.8, 4) is 11.4 Å². The zero-order valence-corrected chi connectivity index (χ0v) is 18.5. The Morgan fingerprint density at radius 1 is 1.20 bits per heavy atom. The molecule has 30 heavy (non-hydrogen) atoms. The molecule has 0 saturated carbocycles. The van der Waals surface area contributed by atoms with Gasteiger partial charge in [0.25, 0.3) is 0 Å². The Labute approximate surface area is 183 Å². The van der Waals surface area contributed by atoms with Crippen LogP contribution in [0.15, 0.2) is 65.7 Å². The number of benzene rings is 2. The van der Waals surface area contributed by atoms with Gasteiger partial charge in [0.05, 0.1) is 5.75 Å². The third kappa shape index (κ3) is 4.04. The van der Waals surface area contributed by atoms with Crippen LogP contribution in [0.25, 0.3) is 21.5 Å². The van der Waals surface area contributed by atoms with Crippen LogP contribution in [-0.2, 0) is 11.3 Å². The lowest BCUT2D eigenvalue weighted by molar-refractivity contribution is -0.113. The van der Waals surface area contributed by atoms with E-state index in [4.69, 9.17) is 0 Å². The molecule has 0 unspecified atom stereocenters. The van der Waals surface area contributed by atoms with E-state index in [-0.39, 0.29) is 11.7 Å². The number of amides is 1. The number of hydrogen-bond donors (Lipinski definition) is 1. The minimum absolute atomic E-state index is 0.0654. The molecule has 2 aromatic heterocycles. The predicted octanol–water partition coefficient (Wildman–Crippen LogP) is 5.69. The van der Waals surface area contributed by atoms with Gasteiger partial charge in [-0.25, -0.2) is 0 Å². The molecule has 5 nitrogen and oxygen atoms in total. The van der Waals surface area contributed by atoms with Gasteiger partial charge in [0, 0.05) is 33.3 Å². The number of thiophene rings is 1. The average molecular weight is 435 g/mol. The standard InChI is InChI=1S/C23H22N4OS2/c1-4-12-27-22(18-13-29-20-11-6-5-9-17(18)20)25-26-23(27)30-14-21(28)24-19-10-7-8-15(2)16(19)3/h4-11,13H,1,12,14H2,2-3H3,(H,24,28). The minimum atomic E-state index is -0.0654. The lowest BCUT2D eigenvalue weighted by Gasteiger charge is -2.10. The second-order valence-corrected chi connectivity index (χ2v) is 8.79. The predicted molar refractivity (Wildman–Crippen MR) is 126 cm³/mol. The molecule has 0 saturated heterocycles. The van der Waals surface area contributed by atoms with Gasteiger partial charge in [0.1, 0.15) is 0 Å². The van der Waals surface area contributed by atoms with E-state index in [0.29, 0.717) is 11.7 Å². The van der Waals surface area contributed by atoms with Crippen molar-refractivity contribution in [2.45, 2.75) is 25.5 Å². The van der Waals surface area contributed by atoms with Gasteiger partial charge in [0.2, 0.25) is 5.91 Å². The molecule has 2 heterocycles. The molecule has 0 aliphatic heterocycles. The number of rotatable bonds is 7. The first-order valence-electron chi connectivity index (χ1n) is 9.58. The van der Waals surface area contributed by atoms with Crippen LogP contribution in [-0.4, -0.2) is 26.4 Å². The van der Waals surface area contributed by atoms with Crippen molar-refractivity contribution in [3.63, 3.8) is 0 Å². The molecule has 0 bridgehead atoms. The van der Waals surface area contributed by atoms with Crippen LogP contribution in [0.5, 0.6) is 0 Å². The van der Waals surface area contributed by atoms with E-state index in [9.17, 15) is 4.79 Å². The number of aryl methyl sites for hydroxylation is 1. The highest BCUT2D eigenvalue weighted by Gasteiger charge is 2.18. The van der Waals surface area contributed by atoms with Gasteiger partial charge in [-0.2, -0.15) is 0 Å². The number of allylic oxidation sites excluding steroid dienone is 1. The van der Waals surface area contributed by atoms with Crippen LogP contribution < -0.4 is 5.32 Å². The molecule has 0 fully saturated rings. The molecule has 152 valence electrons. The number of anilines is 1. The fourth-order valence-electron chi connectivity index (χ4n) is 3.24. The Balaban J connectivity index is 1.54. The normalized spacial score (nSPS) is 11.0. The molecule has 4 rings (SSSR count). The number of thioether (sulfide) groups is 1. The first-order valence-corrected chi connectivity index (χ1v) is 11.4. The maximum absolute atomic E-state index is 12.5. The molecule has 1 N–H and O–H groups in total. The van der Waals surface area contributed by atoms with E-state index < -0.39 is 0 Å². The van der Waals surface area contributed by atoms with Crippen molar-refractivity contribution in [3.05, 3.63) is 71.6 Å². The largest absolute Gasteiger partial charge is 0.325 e. The van der Waals surface area contributed by atoms with Crippen LogP contribution >= 0.6 is 23.1 Å². The minimum Gasteiger partial charge on any atom is -0.325 e. The van der Waals surface area contributed by atoms with Crippen LogP contribution in [0.4, 0.5) is 5.69 Å². The molecule has 0 spiro atoms. The maximum atomic E-state index is 12.5. The van der Waals surface area contributed by atoms with Gasteiger partial charge in [0.15, 0.2) is 11.0 Å². The molecular formula is C23H22N4OS2. The summed E-state index contributed by atoms with van der Waals surface area (Å²) >= 11 is 3.07. The highest BCUT2D eigenvalue weighted by Crippen LogP contribution is 2.34. The monoisotopic (exact) mass is 434 g/mol. The number of fused-ring (bicyclic) bond motifs is 1. The summed E-state index contributed by atoms with van der Waals surface area (Å²) in [5, 5.41) is 15.8. The maximum Gasteiger partial charge on any atom is 0.234 e. The lowest BCUT2D eigenvalue weighted by Crippen LogP contribution is -2.15. The Morgan fingerprint density at radius 3 is 2.87 bits per heavy atom. The Morgan fingerprint density at radius 2 is 2.03 bits per heavy atom. The molecule has 0 aliphatic rings. The first kappa shape index (κ1) is 20.4. The fourth-order valence-corrected chi connectivity index (χ4v) is 4.93. The van der Waals surface area contributed by atoms with Crippen LogP contribution in [0, 0.1) is 13.8 Å². The quantitative estimate of drug-likeness (QED) is 0.300. The van der Waals surface area contributed by atoms with Crippen molar-refractivity contribution in [2.75, 3.05) is 11.1 Å². The molecule has 0 atom stereocenters. The SMILES string of the molecule is C=CCn1c(SCC(=O)Nc2cccc(C)c2C)nnc1-c1csc2ccccc12. The molecule has 0 aliphatic carbocycles. The number of aromatic nitrogens is 3. The zero-order valence-electron chi connectivity index (χ0n) is 16.9. The van der Waals surface area contributed by atoms with E-state index in [0.717, 1.165) is 33.6 Å². The summed E-state index contributed by atoms with van der Waals surface area (Å²) in [7, 11) is 0. The van der Waals surface area contributed by atoms with Crippen molar-refractivity contribution >= 4 is 44.8 Å². The van der Waals surface area contributed by atoms with Gasteiger partial charge < -0.3 is 5.32 Å². The number of nitrogens with one attached hydrogen (secondary N) is 1. The highest BCUT2D eigenvalue weighted by molar-refractivity contribution is 7.99. The Kier molecular flexibility index (Phi) is 6.01. The lowest BCUT2D eigenvalue weighted by atomic mass is 10.1. The Bertz CT molecular complexity index is 1230. The van der Waals surface area contributed by atoms with E-state index in [1.54, 1.807) is 11.3 Å². The van der Waals surface area contributed by atoms with Gasteiger partial charge >= 0.3 is 0 Å². The second-order valence-electron chi connectivity index (χ2n) is 6.94. The van der Waals surface area contributed by atoms with Crippen LogP contribution in [0.2, 0.25) is 0 Å². The van der Waals surface area contributed by atoms with Crippen LogP contribution in [0.3, 0.4) is 0 Å². The van der Waals surface area contributed by atoms with E-state index >= 15 is 0 Å². The summed E-state index contributed by atoms with van der Waals surface area (Å²) < 4.78 is 3.22. The van der Waals surface area contributed by atoms with Gasteiger partial charge in [-0.3, -0.25) is 9.36 Å². The van der Waals surface area contributed by atoms with E-state index in [2.05, 4.69) is 39.6 Å². The topological polar surface area (TPSA) is 59.8 Å². The smallest absolute Gasteiger partial charge is 0.234 e. The zero-order chi connectivity index (χ0) is 21.1. The summed E-state index contributed by atoms with van der Waals surface area (Å²) in [6.07, 6.45) is 1.82. The molecule has 0 radical (unpaired) electrons. The number of nitrogens with zero attached hydrogens (tertiary/aromatic N) is 3. The molecule has 2 aromatic carbocycles. The Hall–Kier alpha value is -2.90. The van der Waals surface area contributed by atoms with E-state index in [1.165, 1.54) is 16.5 Å². The number of carbonyl (C=O) groups excluding carboxylic acids is 1. The summed E-state index contributed by atoms with van der Waals surface area (Å²) in [5.41, 5.74) is 4.13. The summed E-state index contributed by atoms with van der Waals surface area (Å²) in [5.74, 6) is 0.988. The van der Waals surface area contributed by atoms with Crippen molar-refractivity contribution in [1.82, 2.24) is 14.8 Å². The third-order valence-electron chi connectivity index (χ3n) is 4.96. The molecule has 1 amide bonds. The molecular weight excluding hydrogens is 412 g/mol. The molecule has 4 aromatic rings.